The number of fused-ring (bicyclic) bond motifs is 1. The molecule has 2 atom stereocenters. The van der Waals surface area contributed by atoms with Gasteiger partial charge >= 0.3 is 5.97 Å². The quantitative estimate of drug-likeness (QED) is 0.944. The Morgan fingerprint density at radius 1 is 1.38 bits per heavy atom. The number of likely N-dealkylation sites (tertiary alicyclic amines) is 1. The molecule has 0 aliphatic carbocycles. The zero-order valence-corrected chi connectivity index (χ0v) is 12.3. The van der Waals surface area contributed by atoms with Gasteiger partial charge in [0.2, 0.25) is 0 Å². The molecule has 1 aromatic carbocycles. The van der Waals surface area contributed by atoms with Gasteiger partial charge in [-0.25, -0.2) is 4.79 Å². The Labute approximate surface area is 125 Å². The van der Waals surface area contributed by atoms with Crippen LogP contribution in [0.2, 0.25) is 0 Å². The highest BCUT2D eigenvalue weighted by Gasteiger charge is 2.40. The van der Waals surface area contributed by atoms with Gasteiger partial charge in [-0.1, -0.05) is 18.2 Å². The Kier molecular flexibility index (Phi) is 3.65. The Balaban J connectivity index is 1.95. The Hall–Kier alpha value is -1.92. The Morgan fingerprint density at radius 3 is 2.86 bits per heavy atom. The third-order valence-corrected chi connectivity index (χ3v) is 4.82. The van der Waals surface area contributed by atoms with E-state index in [-0.39, 0.29) is 12.0 Å². The molecular weight excluding hydrogens is 290 g/mol. The van der Waals surface area contributed by atoms with Crippen LogP contribution in [0.4, 0.5) is 0 Å². The number of rotatable bonds is 3. The number of thiophene rings is 1. The summed E-state index contributed by atoms with van der Waals surface area (Å²) in [6.07, 6.45) is 0.111. The predicted molar refractivity (Wildman–Crippen MR) is 79.7 cm³/mol. The zero-order chi connectivity index (χ0) is 15.0. The van der Waals surface area contributed by atoms with Crippen LogP contribution in [-0.2, 0) is 9.53 Å². The van der Waals surface area contributed by atoms with E-state index in [0.717, 1.165) is 10.1 Å². The molecule has 1 aliphatic rings. The van der Waals surface area contributed by atoms with E-state index < -0.39 is 12.0 Å². The first kappa shape index (κ1) is 14.0. The average molecular weight is 305 g/mol. The van der Waals surface area contributed by atoms with Crippen LogP contribution in [0.15, 0.2) is 29.6 Å². The number of carboxylic acid groups (broad SMARTS) is 1. The highest BCUT2D eigenvalue weighted by atomic mass is 32.1. The summed E-state index contributed by atoms with van der Waals surface area (Å²) in [6.45, 7) is 0.316. The molecule has 2 unspecified atom stereocenters. The van der Waals surface area contributed by atoms with Crippen LogP contribution in [0.1, 0.15) is 16.8 Å². The number of carbonyl (C=O) groups excluding carboxylic acids is 1. The van der Waals surface area contributed by atoms with Crippen molar-refractivity contribution in [2.45, 2.75) is 18.6 Å². The summed E-state index contributed by atoms with van der Waals surface area (Å²) >= 11 is 1.49. The number of amides is 1. The van der Waals surface area contributed by atoms with Crippen molar-refractivity contribution in [1.29, 1.82) is 0 Å². The molecule has 5 nitrogen and oxygen atoms in total. The lowest BCUT2D eigenvalue weighted by atomic mass is 10.1. The molecule has 110 valence electrons. The van der Waals surface area contributed by atoms with E-state index in [4.69, 9.17) is 4.74 Å². The van der Waals surface area contributed by atoms with Gasteiger partial charge in [-0.3, -0.25) is 4.79 Å². The highest BCUT2D eigenvalue weighted by molar-refractivity contribution is 7.17. The maximum atomic E-state index is 12.7. The second-order valence-corrected chi connectivity index (χ2v) is 5.96. The maximum absolute atomic E-state index is 12.7. The van der Waals surface area contributed by atoms with Gasteiger partial charge in [0, 0.05) is 35.5 Å². The standard InChI is InChI=1S/C15H15NO4S/c1-20-9-6-12(15(18)19)16(7-9)14(17)11-8-21-13-5-3-2-4-10(11)13/h2-5,8-9,12H,6-7H2,1H3,(H,18,19). The van der Waals surface area contributed by atoms with E-state index in [9.17, 15) is 14.7 Å². The topological polar surface area (TPSA) is 66.8 Å². The molecule has 2 heterocycles. The van der Waals surface area contributed by atoms with Crippen LogP contribution in [0.3, 0.4) is 0 Å². The van der Waals surface area contributed by atoms with Crippen LogP contribution in [0, 0.1) is 0 Å². The first-order valence-corrected chi connectivity index (χ1v) is 7.52. The molecule has 2 aromatic rings. The maximum Gasteiger partial charge on any atom is 0.326 e. The van der Waals surface area contributed by atoms with E-state index in [1.807, 2.05) is 24.3 Å². The van der Waals surface area contributed by atoms with Gasteiger partial charge in [0.25, 0.3) is 5.91 Å². The second-order valence-electron chi connectivity index (χ2n) is 5.05. The number of nitrogens with zero attached hydrogens (tertiary/aromatic N) is 1. The number of aliphatic carboxylic acids is 1. The summed E-state index contributed by atoms with van der Waals surface area (Å²) in [5.41, 5.74) is 0.568. The van der Waals surface area contributed by atoms with Crippen LogP contribution >= 0.6 is 11.3 Å². The van der Waals surface area contributed by atoms with Crippen molar-refractivity contribution in [1.82, 2.24) is 4.90 Å². The number of hydrogen-bond acceptors (Lipinski definition) is 4. The molecule has 0 saturated carbocycles. The van der Waals surface area contributed by atoms with Crippen LogP contribution < -0.4 is 0 Å². The molecule has 0 bridgehead atoms. The summed E-state index contributed by atoms with van der Waals surface area (Å²) in [7, 11) is 1.54. The largest absolute Gasteiger partial charge is 0.480 e. The van der Waals surface area contributed by atoms with Gasteiger partial charge in [0.1, 0.15) is 6.04 Å². The summed E-state index contributed by atoms with van der Waals surface area (Å²) < 4.78 is 6.25. The van der Waals surface area contributed by atoms with Crippen molar-refractivity contribution < 1.29 is 19.4 Å². The van der Waals surface area contributed by atoms with E-state index >= 15 is 0 Å². The minimum Gasteiger partial charge on any atom is -0.480 e. The van der Waals surface area contributed by atoms with Gasteiger partial charge in [0.15, 0.2) is 0 Å². The molecule has 1 fully saturated rings. The van der Waals surface area contributed by atoms with Crippen molar-refractivity contribution in [3.63, 3.8) is 0 Å². The number of carbonyl (C=O) groups is 2. The number of methoxy groups -OCH3 is 1. The number of benzene rings is 1. The smallest absolute Gasteiger partial charge is 0.326 e. The first-order chi connectivity index (χ1) is 10.1. The molecule has 0 radical (unpaired) electrons. The van der Waals surface area contributed by atoms with Crippen LogP contribution in [0.5, 0.6) is 0 Å². The van der Waals surface area contributed by atoms with Gasteiger partial charge in [-0.2, -0.15) is 0 Å². The lowest BCUT2D eigenvalue weighted by molar-refractivity contribution is -0.141. The SMILES string of the molecule is COC1CC(C(=O)O)N(C(=O)c2csc3ccccc23)C1. The Morgan fingerprint density at radius 2 is 2.14 bits per heavy atom. The number of carboxylic acids is 1. The van der Waals surface area contributed by atoms with E-state index in [0.29, 0.717) is 18.5 Å². The fourth-order valence-corrected chi connectivity index (χ4v) is 3.66. The van der Waals surface area contributed by atoms with Crippen molar-refractivity contribution >= 4 is 33.3 Å². The van der Waals surface area contributed by atoms with Crippen LogP contribution in [0.25, 0.3) is 10.1 Å². The van der Waals surface area contributed by atoms with E-state index in [2.05, 4.69) is 0 Å². The van der Waals surface area contributed by atoms with Crippen molar-refractivity contribution in [3.05, 3.63) is 35.2 Å². The molecule has 1 N–H and O–H groups in total. The summed E-state index contributed by atoms with van der Waals surface area (Å²) in [5, 5.41) is 12.0. The molecule has 1 aromatic heterocycles. The Bertz CT molecular complexity index is 696. The molecule has 6 heteroatoms. The van der Waals surface area contributed by atoms with E-state index in [1.54, 1.807) is 5.38 Å². The fraction of sp³-hybridized carbons (Fsp3) is 0.333. The molecule has 3 rings (SSSR count). The minimum absolute atomic E-state index is 0.222. The predicted octanol–water partition coefficient (Wildman–Crippen LogP) is 2.22. The third kappa shape index (κ3) is 2.41. The van der Waals surface area contributed by atoms with Crippen molar-refractivity contribution in [2.75, 3.05) is 13.7 Å². The number of hydrogen-bond donors (Lipinski definition) is 1. The molecule has 1 saturated heterocycles. The summed E-state index contributed by atoms with van der Waals surface area (Å²) in [5.74, 6) is -1.22. The first-order valence-electron chi connectivity index (χ1n) is 6.64. The lowest BCUT2D eigenvalue weighted by Gasteiger charge is -2.20. The summed E-state index contributed by atoms with van der Waals surface area (Å²) in [4.78, 5) is 25.5. The fourth-order valence-electron chi connectivity index (χ4n) is 2.72. The van der Waals surface area contributed by atoms with Gasteiger partial charge in [0.05, 0.1) is 11.7 Å². The second kappa shape index (κ2) is 5.46. The van der Waals surface area contributed by atoms with Crippen LogP contribution in [-0.4, -0.2) is 47.7 Å². The van der Waals surface area contributed by atoms with E-state index in [1.165, 1.54) is 23.3 Å². The summed E-state index contributed by atoms with van der Waals surface area (Å²) in [6, 6.07) is 6.82. The van der Waals surface area contributed by atoms with Crippen molar-refractivity contribution in [3.8, 4) is 0 Å². The van der Waals surface area contributed by atoms with Crippen molar-refractivity contribution in [2.24, 2.45) is 0 Å². The third-order valence-electron chi connectivity index (χ3n) is 3.85. The number of ether oxygens (including phenoxy) is 1. The zero-order valence-electron chi connectivity index (χ0n) is 11.5. The molecule has 0 spiro atoms. The van der Waals surface area contributed by atoms with Gasteiger partial charge < -0.3 is 14.7 Å². The molecule has 1 amide bonds. The molecule has 1 aliphatic heterocycles. The average Bonchev–Trinajstić information content (AvgIpc) is 3.10. The van der Waals surface area contributed by atoms with Gasteiger partial charge in [-0.15, -0.1) is 11.3 Å². The lowest BCUT2D eigenvalue weighted by Crippen LogP contribution is -2.40. The molecule has 21 heavy (non-hydrogen) atoms. The highest BCUT2D eigenvalue weighted by Crippen LogP contribution is 2.29. The minimum atomic E-state index is -0.984. The monoisotopic (exact) mass is 305 g/mol. The molecular formula is C15H15NO4S. The van der Waals surface area contributed by atoms with Gasteiger partial charge in [-0.05, 0) is 6.07 Å². The normalized spacial score (nSPS) is 21.9.